The molecule has 6 heteroatoms. The van der Waals surface area contributed by atoms with Crippen LogP contribution in [0.2, 0.25) is 5.02 Å². The van der Waals surface area contributed by atoms with E-state index >= 15 is 0 Å². The summed E-state index contributed by atoms with van der Waals surface area (Å²) in [7, 11) is -3.27. The maximum Gasteiger partial charge on any atom is 0.212 e. The zero-order valence-electron chi connectivity index (χ0n) is 12.3. The van der Waals surface area contributed by atoms with Gasteiger partial charge in [0.1, 0.15) is 0 Å². The molecular formula is C15H23ClN2O2S. The first-order chi connectivity index (χ1) is 9.96. The van der Waals surface area contributed by atoms with Crippen LogP contribution >= 0.6 is 11.6 Å². The highest BCUT2D eigenvalue weighted by Crippen LogP contribution is 2.18. The third-order valence-electron chi connectivity index (χ3n) is 3.85. The highest BCUT2D eigenvalue weighted by Gasteiger charge is 2.19. The van der Waals surface area contributed by atoms with E-state index in [1.807, 2.05) is 19.1 Å². The van der Waals surface area contributed by atoms with Crippen molar-refractivity contribution in [3.63, 3.8) is 0 Å². The Hall–Kier alpha value is -0.620. The number of hydrogen-bond acceptors (Lipinski definition) is 3. The van der Waals surface area contributed by atoms with E-state index in [0.29, 0.717) is 17.5 Å². The molecule has 0 radical (unpaired) electrons. The Kier molecular flexibility index (Phi) is 6.05. The highest BCUT2D eigenvalue weighted by atomic mass is 35.5. The second kappa shape index (κ2) is 7.58. The molecule has 0 aromatic heterocycles. The van der Waals surface area contributed by atoms with Crippen molar-refractivity contribution in [2.45, 2.75) is 44.7 Å². The SMILES string of the molecule is CC(NS(=O)(=O)CCC1CCCCN1)c1cccc(Cl)c1. The molecule has 2 atom stereocenters. The van der Waals surface area contributed by atoms with Crippen molar-refractivity contribution in [1.29, 1.82) is 0 Å². The minimum atomic E-state index is -3.27. The van der Waals surface area contributed by atoms with Gasteiger partial charge in [-0.1, -0.05) is 30.2 Å². The average molecular weight is 331 g/mol. The molecule has 1 saturated heterocycles. The zero-order valence-corrected chi connectivity index (χ0v) is 13.9. The van der Waals surface area contributed by atoms with Crippen molar-refractivity contribution in [2.24, 2.45) is 0 Å². The number of halogens is 1. The summed E-state index contributed by atoms with van der Waals surface area (Å²) in [5.41, 5.74) is 0.877. The van der Waals surface area contributed by atoms with Crippen LogP contribution < -0.4 is 10.0 Å². The predicted molar refractivity (Wildman–Crippen MR) is 87.0 cm³/mol. The largest absolute Gasteiger partial charge is 0.314 e. The van der Waals surface area contributed by atoms with Crippen LogP contribution in [0, 0.1) is 0 Å². The van der Waals surface area contributed by atoms with Crippen molar-refractivity contribution >= 4 is 21.6 Å². The average Bonchev–Trinajstić information content (AvgIpc) is 2.46. The van der Waals surface area contributed by atoms with Gasteiger partial charge in [-0.2, -0.15) is 0 Å². The van der Waals surface area contributed by atoms with Crippen LogP contribution in [0.25, 0.3) is 0 Å². The van der Waals surface area contributed by atoms with Gasteiger partial charge in [0, 0.05) is 17.1 Å². The second-order valence-electron chi connectivity index (χ2n) is 5.65. The molecule has 0 aliphatic carbocycles. The molecule has 0 bridgehead atoms. The number of piperidine rings is 1. The molecule has 0 spiro atoms. The fourth-order valence-electron chi connectivity index (χ4n) is 2.64. The molecular weight excluding hydrogens is 308 g/mol. The van der Waals surface area contributed by atoms with E-state index in [9.17, 15) is 8.42 Å². The van der Waals surface area contributed by atoms with Gasteiger partial charge < -0.3 is 5.32 Å². The van der Waals surface area contributed by atoms with E-state index < -0.39 is 10.0 Å². The van der Waals surface area contributed by atoms with Crippen LogP contribution in [0.4, 0.5) is 0 Å². The fourth-order valence-corrected chi connectivity index (χ4v) is 4.23. The first-order valence-electron chi connectivity index (χ1n) is 7.45. The molecule has 21 heavy (non-hydrogen) atoms. The third kappa shape index (κ3) is 5.58. The van der Waals surface area contributed by atoms with Gasteiger partial charge in [0.05, 0.1) is 5.75 Å². The van der Waals surface area contributed by atoms with Crippen molar-refractivity contribution in [2.75, 3.05) is 12.3 Å². The van der Waals surface area contributed by atoms with E-state index in [4.69, 9.17) is 11.6 Å². The number of hydrogen-bond donors (Lipinski definition) is 2. The Labute approximate surface area is 132 Å². The molecule has 1 aliphatic rings. The first-order valence-corrected chi connectivity index (χ1v) is 9.48. The molecule has 2 unspecified atom stereocenters. The van der Waals surface area contributed by atoms with E-state index in [-0.39, 0.29) is 11.8 Å². The molecule has 4 nitrogen and oxygen atoms in total. The summed E-state index contributed by atoms with van der Waals surface area (Å²) in [6.45, 7) is 2.83. The van der Waals surface area contributed by atoms with Gasteiger partial charge in [0.15, 0.2) is 0 Å². The first kappa shape index (κ1) is 16.7. The van der Waals surface area contributed by atoms with Crippen LogP contribution in [0.1, 0.15) is 44.2 Å². The van der Waals surface area contributed by atoms with Crippen LogP contribution in [-0.4, -0.2) is 26.8 Å². The Morgan fingerprint density at radius 1 is 1.43 bits per heavy atom. The topological polar surface area (TPSA) is 58.2 Å². The normalized spacial score (nSPS) is 21.1. The molecule has 2 rings (SSSR count). The summed E-state index contributed by atoms with van der Waals surface area (Å²) in [6, 6.07) is 7.33. The molecule has 1 aliphatic heterocycles. The van der Waals surface area contributed by atoms with E-state index in [0.717, 1.165) is 18.5 Å². The fraction of sp³-hybridized carbons (Fsp3) is 0.600. The molecule has 1 heterocycles. The summed E-state index contributed by atoms with van der Waals surface area (Å²) >= 11 is 5.94. The monoisotopic (exact) mass is 330 g/mol. The Bertz CT molecular complexity index is 557. The van der Waals surface area contributed by atoms with Crippen molar-refractivity contribution in [3.8, 4) is 0 Å². The number of nitrogens with one attached hydrogen (secondary N) is 2. The van der Waals surface area contributed by atoms with Gasteiger partial charge in [-0.25, -0.2) is 13.1 Å². The second-order valence-corrected chi connectivity index (χ2v) is 7.96. The summed E-state index contributed by atoms with van der Waals surface area (Å²) in [6.07, 6.45) is 4.11. The molecule has 1 aromatic rings. The minimum absolute atomic E-state index is 0.162. The Morgan fingerprint density at radius 2 is 2.24 bits per heavy atom. The maximum atomic E-state index is 12.2. The Balaban J connectivity index is 1.87. The number of rotatable bonds is 6. The lowest BCUT2D eigenvalue weighted by molar-refractivity contribution is 0.392. The summed E-state index contributed by atoms with van der Waals surface area (Å²) in [5, 5.41) is 3.99. The Morgan fingerprint density at radius 3 is 2.90 bits per heavy atom. The van der Waals surface area contributed by atoms with Crippen LogP contribution in [0.15, 0.2) is 24.3 Å². The highest BCUT2D eigenvalue weighted by molar-refractivity contribution is 7.89. The summed E-state index contributed by atoms with van der Waals surface area (Å²) < 4.78 is 27.1. The van der Waals surface area contributed by atoms with Gasteiger partial charge in [-0.3, -0.25) is 0 Å². The lowest BCUT2D eigenvalue weighted by Crippen LogP contribution is -2.37. The van der Waals surface area contributed by atoms with Gasteiger partial charge >= 0.3 is 0 Å². The summed E-state index contributed by atoms with van der Waals surface area (Å²) in [4.78, 5) is 0. The summed E-state index contributed by atoms with van der Waals surface area (Å²) in [5.74, 6) is 0.162. The smallest absolute Gasteiger partial charge is 0.212 e. The van der Waals surface area contributed by atoms with E-state index in [2.05, 4.69) is 10.0 Å². The lowest BCUT2D eigenvalue weighted by Gasteiger charge is -2.23. The van der Waals surface area contributed by atoms with Crippen LogP contribution in [0.3, 0.4) is 0 Å². The third-order valence-corrected chi connectivity index (χ3v) is 5.57. The molecule has 0 amide bonds. The molecule has 0 saturated carbocycles. The maximum absolute atomic E-state index is 12.2. The van der Waals surface area contributed by atoms with Gasteiger partial charge in [-0.05, 0) is 50.4 Å². The van der Waals surface area contributed by atoms with E-state index in [1.165, 1.54) is 12.8 Å². The molecule has 1 fully saturated rings. The molecule has 118 valence electrons. The van der Waals surface area contributed by atoms with E-state index in [1.54, 1.807) is 12.1 Å². The molecule has 2 N–H and O–H groups in total. The predicted octanol–water partition coefficient (Wildman–Crippen LogP) is 2.85. The van der Waals surface area contributed by atoms with Crippen LogP contribution in [-0.2, 0) is 10.0 Å². The quantitative estimate of drug-likeness (QED) is 0.843. The van der Waals surface area contributed by atoms with Gasteiger partial charge in [0.25, 0.3) is 0 Å². The lowest BCUT2D eigenvalue weighted by atomic mass is 10.0. The standard InChI is InChI=1S/C15H23ClN2O2S/c1-12(13-5-4-6-14(16)11-13)18-21(19,20)10-8-15-7-2-3-9-17-15/h4-6,11-12,15,17-18H,2-3,7-10H2,1H3. The van der Waals surface area contributed by atoms with Gasteiger partial charge in [-0.15, -0.1) is 0 Å². The van der Waals surface area contributed by atoms with Crippen molar-refractivity contribution in [3.05, 3.63) is 34.9 Å². The van der Waals surface area contributed by atoms with Crippen LogP contribution in [0.5, 0.6) is 0 Å². The van der Waals surface area contributed by atoms with Crippen molar-refractivity contribution < 1.29 is 8.42 Å². The number of benzene rings is 1. The minimum Gasteiger partial charge on any atom is -0.314 e. The zero-order chi connectivity index (χ0) is 15.3. The number of sulfonamides is 1. The van der Waals surface area contributed by atoms with Crippen molar-refractivity contribution in [1.82, 2.24) is 10.0 Å². The van der Waals surface area contributed by atoms with Gasteiger partial charge in [0.2, 0.25) is 10.0 Å². The molecule has 1 aromatic carbocycles.